The van der Waals surface area contributed by atoms with Gasteiger partial charge in [0.15, 0.2) is 12.4 Å². The Kier molecular flexibility index (Phi) is 8.16. The van der Waals surface area contributed by atoms with Crippen LogP contribution in [-0.2, 0) is 32.1 Å². The van der Waals surface area contributed by atoms with Crippen molar-refractivity contribution in [3.63, 3.8) is 0 Å². The molecule has 0 bridgehead atoms. The van der Waals surface area contributed by atoms with Crippen molar-refractivity contribution in [3.05, 3.63) is 0 Å². The van der Waals surface area contributed by atoms with Crippen LogP contribution in [-0.4, -0.2) is 65.7 Å². The summed E-state index contributed by atoms with van der Waals surface area (Å²) in [6.07, 6.45) is -7.48. The maximum Gasteiger partial charge on any atom is 0.470 e. The molecule has 0 aliphatic carbocycles. The first-order chi connectivity index (χ1) is 9.68. The van der Waals surface area contributed by atoms with E-state index in [2.05, 4.69) is 13.6 Å². The first-order valence-electron chi connectivity index (χ1n) is 4.96. The Morgan fingerprint density at radius 2 is 1.23 bits per heavy atom. The Hall–Kier alpha value is -0.0400. The van der Waals surface area contributed by atoms with E-state index in [0.717, 1.165) is 0 Å². The molecule has 0 saturated carbocycles. The Bertz CT molecular complexity index is 499. The van der Waals surface area contributed by atoms with Gasteiger partial charge in [0.2, 0.25) is 0 Å². The fourth-order valence-corrected chi connectivity index (χ4v) is 2.79. The first-order valence-corrected chi connectivity index (χ1v) is 9.55. The van der Waals surface area contributed by atoms with E-state index in [9.17, 15) is 18.5 Å². The normalized spacial score (nSPS) is 17.8. The van der Waals surface area contributed by atoms with Crippen molar-refractivity contribution in [2.24, 2.45) is 0 Å². The molecule has 0 aromatic heterocycles. The molecule has 0 heterocycles. The molecule has 0 fully saturated rings. The number of hydrogen-bond acceptors (Lipinski definition) is 8. The highest BCUT2D eigenvalue weighted by Crippen LogP contribution is 2.46. The summed E-state index contributed by atoms with van der Waals surface area (Å²) in [6.45, 7) is -1.34. The predicted molar refractivity (Wildman–Crippen MR) is 63.9 cm³/mol. The van der Waals surface area contributed by atoms with E-state index in [1.165, 1.54) is 0 Å². The molecule has 14 nitrogen and oxygen atoms in total. The van der Waals surface area contributed by atoms with Crippen LogP contribution in [0.25, 0.3) is 0 Å². The van der Waals surface area contributed by atoms with Crippen LogP contribution in [0.4, 0.5) is 0 Å². The smallest absolute Gasteiger partial charge is 0.394 e. The molecular weight excluding hydrogens is 377 g/mol. The molecule has 0 aromatic carbocycles. The van der Waals surface area contributed by atoms with E-state index >= 15 is 0 Å². The van der Waals surface area contributed by atoms with Crippen molar-refractivity contribution in [1.29, 1.82) is 0 Å². The summed E-state index contributed by atoms with van der Waals surface area (Å²) in [5, 5.41) is 8.93. The maximum absolute atomic E-state index is 10.8. The summed E-state index contributed by atoms with van der Waals surface area (Å²) >= 11 is 0. The fourth-order valence-electron chi connectivity index (χ4n) is 1.19. The highest BCUT2D eigenvalue weighted by Gasteiger charge is 2.42. The third-order valence-electron chi connectivity index (χ3n) is 1.80. The van der Waals surface area contributed by atoms with Gasteiger partial charge in [-0.1, -0.05) is 0 Å². The molecule has 7 N–H and O–H groups in total. The Labute approximate surface area is 122 Å². The number of carbonyl (C=O) groups is 1. The lowest BCUT2D eigenvalue weighted by Gasteiger charge is -2.29. The molecule has 0 spiro atoms. The molecule has 22 heavy (non-hydrogen) atoms. The van der Waals surface area contributed by atoms with Crippen molar-refractivity contribution in [3.8, 4) is 0 Å². The zero-order valence-corrected chi connectivity index (χ0v) is 13.0. The molecule has 0 aliphatic rings. The van der Waals surface area contributed by atoms with Crippen molar-refractivity contribution in [2.75, 3.05) is 6.61 Å². The second kappa shape index (κ2) is 8.18. The van der Waals surface area contributed by atoms with Crippen LogP contribution in [0.3, 0.4) is 0 Å². The van der Waals surface area contributed by atoms with E-state index in [4.69, 9.17) is 34.5 Å². The summed E-state index contributed by atoms with van der Waals surface area (Å²) in [5.41, 5.74) is 0. The second-order valence-electron chi connectivity index (χ2n) is 3.57. The summed E-state index contributed by atoms with van der Waals surface area (Å²) in [7, 11) is -16.1. The van der Waals surface area contributed by atoms with Gasteiger partial charge in [0.25, 0.3) is 0 Å². The fraction of sp³-hybridized carbons (Fsp3) is 0.800. The molecular formula is C5H13O14P3. The number of carbonyl (C=O) groups excluding carboxylic acids is 1. The molecule has 0 radical (unpaired) electrons. The van der Waals surface area contributed by atoms with Gasteiger partial charge in [-0.3, -0.25) is 13.6 Å². The van der Waals surface area contributed by atoms with Gasteiger partial charge in [0, 0.05) is 0 Å². The van der Waals surface area contributed by atoms with Crippen LogP contribution in [0, 0.1) is 0 Å². The number of phosphoric ester groups is 3. The third-order valence-corrected chi connectivity index (χ3v) is 3.38. The summed E-state index contributed by atoms with van der Waals surface area (Å²) < 4.78 is 44.0. The molecule has 0 aromatic rings. The van der Waals surface area contributed by atoms with Gasteiger partial charge in [-0.15, -0.1) is 0 Å². The summed E-state index contributed by atoms with van der Waals surface area (Å²) in [5.74, 6) is 0. The van der Waals surface area contributed by atoms with Crippen LogP contribution in [0.1, 0.15) is 0 Å². The molecule has 0 unspecified atom stereocenters. The second-order valence-corrected chi connectivity index (χ2v) is 7.15. The van der Waals surface area contributed by atoms with Gasteiger partial charge in [0.1, 0.15) is 12.2 Å². The van der Waals surface area contributed by atoms with Crippen molar-refractivity contribution in [2.45, 2.75) is 18.3 Å². The van der Waals surface area contributed by atoms with Gasteiger partial charge < -0.3 is 39.3 Å². The highest BCUT2D eigenvalue weighted by atomic mass is 31.2. The van der Waals surface area contributed by atoms with E-state index in [0.29, 0.717) is 0 Å². The van der Waals surface area contributed by atoms with Gasteiger partial charge in [-0.05, 0) is 0 Å². The monoisotopic (exact) mass is 390 g/mol. The number of rotatable bonds is 10. The number of aliphatic hydroxyl groups excluding tert-OH is 1. The summed E-state index contributed by atoms with van der Waals surface area (Å²) in [6, 6.07) is 0. The van der Waals surface area contributed by atoms with Gasteiger partial charge in [-0.25, -0.2) is 13.7 Å². The standard InChI is InChI=1S/C5H13O14P3/c6-1-3(17-20(8,9)10)5(19-22(14,15)16)4(2-7)18-21(11,12)13/h1,3-5,7H,2H2,(H2,8,9,10)(H2,11,12,13)(H2,14,15,16)/t3-,4+,5-/m1/s1. The minimum absolute atomic E-state index is 0.370. The Morgan fingerprint density at radius 1 is 0.818 bits per heavy atom. The van der Waals surface area contributed by atoms with E-state index in [1.54, 1.807) is 0 Å². The zero-order chi connectivity index (χ0) is 17.8. The predicted octanol–water partition coefficient (Wildman–Crippen LogP) is -2.39. The average Bonchev–Trinajstić information content (AvgIpc) is 2.27. The van der Waals surface area contributed by atoms with Crippen LogP contribution in [0.15, 0.2) is 0 Å². The topological polar surface area (TPSA) is 238 Å². The third kappa shape index (κ3) is 9.87. The first kappa shape index (κ1) is 22.0. The molecule has 0 aliphatic heterocycles. The largest absolute Gasteiger partial charge is 0.470 e. The minimum Gasteiger partial charge on any atom is -0.394 e. The highest BCUT2D eigenvalue weighted by molar-refractivity contribution is 7.47. The lowest BCUT2D eigenvalue weighted by Crippen LogP contribution is -2.44. The maximum atomic E-state index is 10.8. The number of aliphatic hydroxyl groups is 1. The lowest BCUT2D eigenvalue weighted by molar-refractivity contribution is -0.125. The number of aldehydes is 1. The Balaban J connectivity index is 5.57. The van der Waals surface area contributed by atoms with Gasteiger partial charge >= 0.3 is 23.5 Å². The molecule has 132 valence electrons. The van der Waals surface area contributed by atoms with Gasteiger partial charge in [0.05, 0.1) is 6.61 Å². The van der Waals surface area contributed by atoms with Crippen molar-refractivity contribution < 1.29 is 66.5 Å². The zero-order valence-electron chi connectivity index (χ0n) is 10.3. The molecule has 3 atom stereocenters. The average molecular weight is 390 g/mol. The Morgan fingerprint density at radius 3 is 1.50 bits per heavy atom. The molecule has 0 rings (SSSR count). The van der Waals surface area contributed by atoms with E-state index in [1.807, 2.05) is 0 Å². The van der Waals surface area contributed by atoms with E-state index in [-0.39, 0.29) is 6.29 Å². The van der Waals surface area contributed by atoms with Crippen LogP contribution < -0.4 is 0 Å². The van der Waals surface area contributed by atoms with Gasteiger partial charge in [-0.2, -0.15) is 0 Å². The van der Waals surface area contributed by atoms with Crippen LogP contribution in [0.2, 0.25) is 0 Å². The molecule has 17 heteroatoms. The number of phosphoric acid groups is 3. The van der Waals surface area contributed by atoms with Crippen molar-refractivity contribution >= 4 is 29.8 Å². The molecule has 0 amide bonds. The van der Waals surface area contributed by atoms with Crippen LogP contribution in [0.5, 0.6) is 0 Å². The van der Waals surface area contributed by atoms with E-state index < -0.39 is 48.4 Å². The SMILES string of the molecule is O=C[C@@H](OP(=O)(O)O)[C@@H](OP(=O)(O)O)[C@H](CO)OP(=O)(O)O. The lowest BCUT2D eigenvalue weighted by atomic mass is 10.1. The minimum atomic E-state index is -5.42. The van der Waals surface area contributed by atoms with Crippen LogP contribution >= 0.6 is 23.5 Å². The number of hydrogen-bond donors (Lipinski definition) is 7. The summed E-state index contributed by atoms with van der Waals surface area (Å²) in [4.78, 5) is 62.4. The quantitative estimate of drug-likeness (QED) is 0.152. The molecule has 0 saturated heterocycles. The van der Waals surface area contributed by atoms with Crippen molar-refractivity contribution in [1.82, 2.24) is 0 Å².